The molecule has 4 nitrogen and oxygen atoms in total. The van der Waals surface area contributed by atoms with Gasteiger partial charge in [0, 0.05) is 49.0 Å². The Morgan fingerprint density at radius 1 is 0.290 bits per heavy atom. The van der Waals surface area contributed by atoms with E-state index < -0.39 is 0 Å². The van der Waals surface area contributed by atoms with E-state index in [0.29, 0.717) is 5.95 Å². The summed E-state index contributed by atoms with van der Waals surface area (Å²) < 4.78 is 4.73. The van der Waals surface area contributed by atoms with Crippen LogP contribution in [0.4, 0.5) is 0 Å². The molecule has 0 saturated heterocycles. The first-order chi connectivity index (χ1) is 30.8. The lowest BCUT2D eigenvalue weighted by Crippen LogP contribution is -2.04. The molecule has 0 spiro atoms. The summed E-state index contributed by atoms with van der Waals surface area (Å²) in [5.41, 5.74) is 8.49. The Balaban J connectivity index is 1.18. The average molecular weight is 787 g/mol. The number of nitrogens with zero attached hydrogens (tertiary/aromatic N) is 4. The molecular formula is C58H34N4. The van der Waals surface area contributed by atoms with Crippen molar-refractivity contribution in [3.8, 4) is 22.9 Å². The minimum atomic E-state index is 0.646. The smallest absolute Gasteiger partial charge is 0.235 e. The molecular weight excluding hydrogens is 753 g/mol. The van der Waals surface area contributed by atoms with Crippen molar-refractivity contribution in [3.05, 3.63) is 206 Å². The first-order valence-corrected chi connectivity index (χ1v) is 21.3. The zero-order valence-electron chi connectivity index (χ0n) is 33.4. The molecule has 0 bridgehead atoms. The second-order valence-corrected chi connectivity index (χ2v) is 16.4. The molecule has 11 aromatic carbocycles. The quantitative estimate of drug-likeness (QED) is 0.167. The molecule has 286 valence electrons. The van der Waals surface area contributed by atoms with Gasteiger partial charge < -0.3 is 4.57 Å². The first-order valence-electron chi connectivity index (χ1n) is 21.3. The van der Waals surface area contributed by atoms with E-state index in [1.807, 2.05) is 0 Å². The Morgan fingerprint density at radius 2 is 0.855 bits per heavy atom. The molecule has 0 atom stereocenters. The summed E-state index contributed by atoms with van der Waals surface area (Å²) in [6, 6.07) is 74.8. The predicted octanol–water partition coefficient (Wildman–Crippen LogP) is 15.3. The fraction of sp³-hybridized carbons (Fsp3) is 0. The van der Waals surface area contributed by atoms with E-state index in [0.717, 1.165) is 66.1 Å². The minimum absolute atomic E-state index is 0.646. The number of para-hydroxylation sites is 2. The molecule has 14 rings (SSSR count). The van der Waals surface area contributed by atoms with Gasteiger partial charge in [0.1, 0.15) is 0 Å². The van der Waals surface area contributed by atoms with Gasteiger partial charge in [0.25, 0.3) is 0 Å². The lowest BCUT2D eigenvalue weighted by atomic mass is 9.91. The van der Waals surface area contributed by atoms with Crippen LogP contribution in [0, 0.1) is 0 Å². The summed E-state index contributed by atoms with van der Waals surface area (Å²) >= 11 is 0. The molecule has 0 fully saturated rings. The van der Waals surface area contributed by atoms with E-state index >= 15 is 0 Å². The van der Waals surface area contributed by atoms with Gasteiger partial charge in [-0.2, -0.15) is 0 Å². The normalized spacial score (nSPS) is 12.2. The molecule has 0 radical (unpaired) electrons. The number of hydrogen-bond donors (Lipinski definition) is 0. The molecule has 0 aliphatic rings. The number of aromatic nitrogens is 4. The van der Waals surface area contributed by atoms with Gasteiger partial charge in [-0.15, -0.1) is 0 Å². The van der Waals surface area contributed by atoms with Crippen LogP contribution in [0.5, 0.6) is 0 Å². The standard InChI is InChI=1S/C58H34N4/c1-2-17-37(18-3-1)61-49-27-13-12-25-45(49)52-46(26-14-28-50(52)61)56-54-38-19-6-4-15-35(38)30-33-48(54)59-58(60-56)62-51-34-32-44-42-23-9-8-21-40(42)41-22-10-11-24-43(41)53(44)55(51)47-31-29-36-16-5-7-20-39(36)57(47)62/h1-34H. The van der Waals surface area contributed by atoms with Gasteiger partial charge in [-0.3, -0.25) is 4.57 Å². The van der Waals surface area contributed by atoms with Gasteiger partial charge in [-0.05, 0) is 79.5 Å². The second-order valence-electron chi connectivity index (χ2n) is 16.4. The molecule has 0 unspecified atom stereocenters. The summed E-state index contributed by atoms with van der Waals surface area (Å²) in [7, 11) is 0. The zero-order valence-corrected chi connectivity index (χ0v) is 33.4. The van der Waals surface area contributed by atoms with Crippen molar-refractivity contribution in [1.82, 2.24) is 19.1 Å². The van der Waals surface area contributed by atoms with Crippen LogP contribution in [0.2, 0.25) is 0 Å². The van der Waals surface area contributed by atoms with E-state index in [-0.39, 0.29) is 0 Å². The third-order valence-corrected chi connectivity index (χ3v) is 13.3. The Kier molecular flexibility index (Phi) is 6.80. The van der Waals surface area contributed by atoms with Crippen LogP contribution in [0.3, 0.4) is 0 Å². The lowest BCUT2D eigenvalue weighted by molar-refractivity contribution is 1.02. The van der Waals surface area contributed by atoms with Gasteiger partial charge in [0.2, 0.25) is 5.95 Å². The zero-order chi connectivity index (χ0) is 40.5. The van der Waals surface area contributed by atoms with Crippen molar-refractivity contribution >= 4 is 108 Å². The predicted molar refractivity (Wildman–Crippen MR) is 261 cm³/mol. The van der Waals surface area contributed by atoms with Crippen molar-refractivity contribution in [2.45, 2.75) is 0 Å². The van der Waals surface area contributed by atoms with E-state index in [1.165, 1.54) is 59.2 Å². The summed E-state index contributed by atoms with van der Waals surface area (Å²) in [6.45, 7) is 0. The largest absolute Gasteiger partial charge is 0.309 e. The van der Waals surface area contributed by atoms with Crippen LogP contribution >= 0.6 is 0 Å². The SMILES string of the molecule is c1ccc(-n2c3ccccc3c3c(-c4nc(-n5c6ccc7c8ccccc8c8ccccc8c7c6c6ccc7ccccc7c65)nc5ccc6ccccc6c45)cccc32)cc1. The molecule has 3 aromatic heterocycles. The topological polar surface area (TPSA) is 35.6 Å². The second kappa shape index (κ2) is 12.6. The van der Waals surface area contributed by atoms with Gasteiger partial charge in [0.05, 0.1) is 33.3 Å². The summed E-state index contributed by atoms with van der Waals surface area (Å²) in [5.74, 6) is 0.646. The monoisotopic (exact) mass is 786 g/mol. The van der Waals surface area contributed by atoms with Crippen molar-refractivity contribution in [2.24, 2.45) is 0 Å². The Morgan fingerprint density at radius 3 is 1.65 bits per heavy atom. The number of hydrogen-bond acceptors (Lipinski definition) is 2. The molecule has 0 aliphatic heterocycles. The van der Waals surface area contributed by atoms with Gasteiger partial charge in [0.15, 0.2) is 0 Å². The molecule has 62 heavy (non-hydrogen) atoms. The van der Waals surface area contributed by atoms with Gasteiger partial charge in [-0.25, -0.2) is 9.97 Å². The molecule has 0 amide bonds. The van der Waals surface area contributed by atoms with Crippen LogP contribution in [0.15, 0.2) is 206 Å². The van der Waals surface area contributed by atoms with Crippen LogP contribution in [-0.2, 0) is 0 Å². The average Bonchev–Trinajstić information content (AvgIpc) is 3.87. The van der Waals surface area contributed by atoms with E-state index in [4.69, 9.17) is 9.97 Å². The molecule has 14 aromatic rings. The van der Waals surface area contributed by atoms with E-state index in [2.05, 4.69) is 215 Å². The van der Waals surface area contributed by atoms with Crippen molar-refractivity contribution < 1.29 is 0 Å². The molecule has 0 aliphatic carbocycles. The highest BCUT2D eigenvalue weighted by Gasteiger charge is 2.25. The third-order valence-electron chi connectivity index (χ3n) is 13.3. The molecule has 3 heterocycles. The first kappa shape index (κ1) is 33.5. The lowest BCUT2D eigenvalue weighted by Gasteiger charge is -2.15. The number of benzene rings is 11. The van der Waals surface area contributed by atoms with Crippen molar-refractivity contribution in [1.29, 1.82) is 0 Å². The summed E-state index contributed by atoms with van der Waals surface area (Å²) in [5, 5.41) is 17.9. The molecule has 4 heteroatoms. The maximum absolute atomic E-state index is 5.84. The highest BCUT2D eigenvalue weighted by molar-refractivity contribution is 6.36. The van der Waals surface area contributed by atoms with Gasteiger partial charge >= 0.3 is 0 Å². The van der Waals surface area contributed by atoms with E-state index in [1.54, 1.807) is 0 Å². The number of rotatable bonds is 3. The molecule has 0 N–H and O–H groups in total. The van der Waals surface area contributed by atoms with Crippen molar-refractivity contribution in [2.75, 3.05) is 0 Å². The number of fused-ring (bicyclic) bond motifs is 18. The highest BCUT2D eigenvalue weighted by atomic mass is 15.2. The summed E-state index contributed by atoms with van der Waals surface area (Å²) in [4.78, 5) is 11.4. The highest BCUT2D eigenvalue weighted by Crippen LogP contribution is 2.46. The Bertz CT molecular complexity index is 4180. The van der Waals surface area contributed by atoms with Crippen LogP contribution in [0.25, 0.3) is 131 Å². The summed E-state index contributed by atoms with van der Waals surface area (Å²) in [6.07, 6.45) is 0. The molecule has 0 saturated carbocycles. The maximum Gasteiger partial charge on any atom is 0.235 e. The van der Waals surface area contributed by atoms with Crippen LogP contribution < -0.4 is 0 Å². The fourth-order valence-corrected chi connectivity index (χ4v) is 10.7. The Labute approximate surface area is 355 Å². The van der Waals surface area contributed by atoms with Crippen LogP contribution in [-0.4, -0.2) is 19.1 Å². The Hall–Kier alpha value is -8.34. The fourth-order valence-electron chi connectivity index (χ4n) is 10.7. The minimum Gasteiger partial charge on any atom is -0.309 e. The van der Waals surface area contributed by atoms with Crippen LogP contribution in [0.1, 0.15) is 0 Å². The third kappa shape index (κ3) is 4.50. The maximum atomic E-state index is 5.84. The van der Waals surface area contributed by atoms with E-state index in [9.17, 15) is 0 Å². The van der Waals surface area contributed by atoms with Crippen molar-refractivity contribution in [3.63, 3.8) is 0 Å². The van der Waals surface area contributed by atoms with Gasteiger partial charge in [-0.1, -0.05) is 170 Å².